The maximum absolute atomic E-state index is 13.7. The van der Waals surface area contributed by atoms with Gasteiger partial charge in [-0.15, -0.1) is 0 Å². The van der Waals surface area contributed by atoms with Crippen LogP contribution in [0.25, 0.3) is 0 Å². The third-order valence-electron chi connectivity index (χ3n) is 7.27. The topological polar surface area (TPSA) is 99.2 Å². The summed E-state index contributed by atoms with van der Waals surface area (Å²) in [6.07, 6.45) is -4.86. The van der Waals surface area contributed by atoms with Crippen molar-refractivity contribution in [3.63, 3.8) is 0 Å². The number of ether oxygens (including phenoxy) is 1. The van der Waals surface area contributed by atoms with Gasteiger partial charge in [-0.05, 0) is 74.1 Å². The number of aliphatic hydroxyl groups excluding tert-OH is 1. The van der Waals surface area contributed by atoms with Gasteiger partial charge in [-0.2, -0.15) is 13.2 Å². The van der Waals surface area contributed by atoms with Crippen molar-refractivity contribution in [1.82, 2.24) is 9.80 Å². The van der Waals surface area contributed by atoms with Gasteiger partial charge in [0.15, 0.2) is 0 Å². The second kappa shape index (κ2) is 13.1. The Bertz CT molecular complexity index is 1540. The lowest BCUT2D eigenvalue weighted by molar-refractivity contribution is -0.137. The monoisotopic (exact) mass is 639 g/mol. The number of nitrogens with zero attached hydrogens (tertiary/aromatic N) is 2. The van der Waals surface area contributed by atoms with E-state index < -0.39 is 39.8 Å². The number of benzene rings is 3. The van der Waals surface area contributed by atoms with Gasteiger partial charge in [-0.25, -0.2) is 8.42 Å². The molecule has 0 saturated carbocycles. The third kappa shape index (κ3) is 7.99. The fraction of sp³-hybridized carbons (Fsp3) is 0.367. The lowest BCUT2D eigenvalue weighted by atomic mass is 9.99. The van der Waals surface area contributed by atoms with E-state index >= 15 is 0 Å². The molecule has 0 aliphatic carbocycles. The molecule has 4 rings (SSSR count). The van der Waals surface area contributed by atoms with Gasteiger partial charge < -0.3 is 14.7 Å². The van der Waals surface area contributed by atoms with Crippen LogP contribution in [0.5, 0.6) is 5.75 Å². The number of halogens is 4. The zero-order valence-electron chi connectivity index (χ0n) is 23.8. The minimum Gasteiger partial charge on any atom is -0.488 e. The summed E-state index contributed by atoms with van der Waals surface area (Å²) < 4.78 is 73.6. The van der Waals surface area contributed by atoms with E-state index in [0.29, 0.717) is 23.7 Å². The van der Waals surface area contributed by atoms with E-state index in [1.807, 2.05) is 18.9 Å². The van der Waals surface area contributed by atoms with E-state index in [9.17, 15) is 31.5 Å². The molecule has 1 amide bonds. The molecule has 8 nitrogen and oxygen atoms in total. The number of carbonyl (C=O) groups excluding carboxylic acids is 1. The smallest absolute Gasteiger partial charge is 0.416 e. The number of hydrogen-bond acceptors (Lipinski definition) is 6. The average molecular weight is 640 g/mol. The molecule has 3 aromatic carbocycles. The van der Waals surface area contributed by atoms with Crippen LogP contribution in [0, 0.1) is 5.92 Å². The number of likely N-dealkylation sites (N-methyl/N-ethyl adjacent to an activating group) is 1. The molecule has 232 valence electrons. The zero-order valence-corrected chi connectivity index (χ0v) is 25.4. The molecule has 13 heteroatoms. The van der Waals surface area contributed by atoms with Gasteiger partial charge in [-0.1, -0.05) is 30.7 Å². The first-order chi connectivity index (χ1) is 20.2. The molecule has 0 bridgehead atoms. The lowest BCUT2D eigenvalue weighted by Crippen LogP contribution is -2.49. The van der Waals surface area contributed by atoms with Crippen LogP contribution < -0.4 is 9.46 Å². The third-order valence-corrected chi connectivity index (χ3v) is 8.92. The van der Waals surface area contributed by atoms with E-state index in [2.05, 4.69) is 4.72 Å². The maximum Gasteiger partial charge on any atom is 0.416 e. The highest BCUT2D eigenvalue weighted by Crippen LogP contribution is 2.32. The van der Waals surface area contributed by atoms with Gasteiger partial charge in [0.25, 0.3) is 15.9 Å². The summed E-state index contributed by atoms with van der Waals surface area (Å²) in [5.41, 5.74) is 0.244. The highest BCUT2D eigenvalue weighted by atomic mass is 35.5. The number of carbonyl (C=O) groups is 1. The highest BCUT2D eigenvalue weighted by Gasteiger charge is 2.34. The van der Waals surface area contributed by atoms with Crippen molar-refractivity contribution < 1.29 is 36.2 Å². The van der Waals surface area contributed by atoms with Crippen LogP contribution in [0.2, 0.25) is 5.02 Å². The van der Waals surface area contributed by atoms with Gasteiger partial charge >= 0.3 is 6.18 Å². The number of nitrogens with one attached hydrogen (secondary N) is 1. The van der Waals surface area contributed by atoms with Gasteiger partial charge in [-0.3, -0.25) is 14.4 Å². The molecule has 0 fully saturated rings. The Kier molecular flexibility index (Phi) is 9.95. The second-order valence-electron chi connectivity index (χ2n) is 10.8. The molecule has 0 radical (unpaired) electrons. The molecule has 3 atom stereocenters. The van der Waals surface area contributed by atoms with Crippen LogP contribution in [-0.4, -0.2) is 68.1 Å². The molecule has 43 heavy (non-hydrogen) atoms. The summed E-state index contributed by atoms with van der Waals surface area (Å²) in [5.74, 6) is -0.370. The van der Waals surface area contributed by atoms with Crippen molar-refractivity contribution in [2.24, 2.45) is 5.92 Å². The minimum absolute atomic E-state index is 0.00767. The van der Waals surface area contributed by atoms with Crippen LogP contribution in [0.4, 0.5) is 18.9 Å². The predicted molar refractivity (Wildman–Crippen MR) is 158 cm³/mol. The summed E-state index contributed by atoms with van der Waals surface area (Å²) in [7, 11) is -2.16. The van der Waals surface area contributed by atoms with E-state index in [-0.39, 0.29) is 41.0 Å². The molecular formula is C30H33ClF3N3O5S. The average Bonchev–Trinajstić information content (AvgIpc) is 2.94. The summed E-state index contributed by atoms with van der Waals surface area (Å²) in [6.45, 7) is 4.34. The first kappa shape index (κ1) is 32.6. The fourth-order valence-corrected chi connectivity index (χ4v) is 5.99. The SMILES string of the molecule is C[C@H]1CN([C@@H](C)CO)C(=O)c2cc(NS(=O)(=O)c3ccc(Cl)cc3)ccc2O[C@H]1CN(C)Cc1ccc(C(F)(F)F)cc1. The fourth-order valence-electron chi connectivity index (χ4n) is 4.81. The zero-order chi connectivity index (χ0) is 31.5. The summed E-state index contributed by atoms with van der Waals surface area (Å²) >= 11 is 5.88. The second-order valence-corrected chi connectivity index (χ2v) is 12.9. The molecule has 3 aromatic rings. The number of rotatable bonds is 9. The van der Waals surface area contributed by atoms with Gasteiger partial charge in [0, 0.05) is 36.3 Å². The van der Waals surface area contributed by atoms with Crippen LogP contribution in [-0.2, 0) is 22.7 Å². The predicted octanol–water partition coefficient (Wildman–Crippen LogP) is 5.51. The summed E-state index contributed by atoms with van der Waals surface area (Å²) in [5, 5.41) is 10.3. The molecule has 2 N–H and O–H groups in total. The Hall–Kier alpha value is -3.32. The van der Waals surface area contributed by atoms with E-state index in [1.165, 1.54) is 59.5 Å². The summed E-state index contributed by atoms with van der Waals surface area (Å²) in [6, 6.07) is 14.5. The van der Waals surface area contributed by atoms with E-state index in [1.54, 1.807) is 6.92 Å². The van der Waals surface area contributed by atoms with E-state index in [0.717, 1.165) is 12.1 Å². The Labute approximate surface area is 254 Å². The van der Waals surface area contributed by atoms with E-state index in [4.69, 9.17) is 16.3 Å². The number of aliphatic hydroxyl groups is 1. The van der Waals surface area contributed by atoms with Gasteiger partial charge in [0.2, 0.25) is 0 Å². The summed E-state index contributed by atoms with van der Waals surface area (Å²) in [4.78, 5) is 17.1. The molecule has 0 aromatic heterocycles. The maximum atomic E-state index is 13.7. The van der Waals surface area contributed by atoms with Gasteiger partial charge in [0.1, 0.15) is 11.9 Å². The van der Waals surface area contributed by atoms with Crippen molar-refractivity contribution in [2.75, 3.05) is 31.5 Å². The number of fused-ring (bicyclic) bond motifs is 1. The number of amides is 1. The normalized spacial score (nSPS) is 18.4. The number of sulfonamides is 1. The lowest BCUT2D eigenvalue weighted by Gasteiger charge is -2.38. The van der Waals surface area contributed by atoms with Crippen LogP contribution >= 0.6 is 11.6 Å². The first-order valence-electron chi connectivity index (χ1n) is 13.5. The minimum atomic E-state index is -4.41. The number of hydrogen-bond donors (Lipinski definition) is 2. The molecule has 1 aliphatic heterocycles. The van der Waals surface area contributed by atoms with Crippen LogP contribution in [0.3, 0.4) is 0 Å². The van der Waals surface area contributed by atoms with Crippen LogP contribution in [0.1, 0.15) is 35.3 Å². The number of alkyl halides is 3. The molecule has 0 spiro atoms. The Morgan fingerprint density at radius 3 is 2.37 bits per heavy atom. The Morgan fingerprint density at radius 2 is 1.77 bits per heavy atom. The molecule has 1 aliphatic rings. The van der Waals surface area contributed by atoms with Crippen molar-refractivity contribution in [2.45, 2.75) is 43.6 Å². The first-order valence-corrected chi connectivity index (χ1v) is 15.4. The quantitative estimate of drug-likeness (QED) is 0.320. The molecule has 0 saturated heterocycles. The Morgan fingerprint density at radius 1 is 1.12 bits per heavy atom. The largest absolute Gasteiger partial charge is 0.488 e. The molecular weight excluding hydrogens is 607 g/mol. The van der Waals surface area contributed by atoms with Gasteiger partial charge in [0.05, 0.1) is 28.7 Å². The van der Waals surface area contributed by atoms with Crippen LogP contribution in [0.15, 0.2) is 71.6 Å². The van der Waals surface area contributed by atoms with Crippen molar-refractivity contribution in [1.29, 1.82) is 0 Å². The standard InChI is InChI=1S/C30H33ClF3N3O5S/c1-19-15-37(20(2)18-38)29(39)26-14-24(35-43(40,41)25-11-8-23(31)9-12-25)10-13-27(26)42-28(19)17-36(3)16-21-4-6-22(7-5-21)30(32,33)34/h4-14,19-20,28,35,38H,15-18H2,1-3H3/t19-,20-,28-/m0/s1. The molecule has 1 heterocycles. The molecule has 0 unspecified atom stereocenters. The van der Waals surface area contributed by atoms with Crippen molar-refractivity contribution in [3.05, 3.63) is 88.4 Å². The van der Waals surface area contributed by atoms with Crippen molar-refractivity contribution in [3.8, 4) is 5.75 Å². The van der Waals surface area contributed by atoms with Crippen molar-refractivity contribution >= 4 is 33.2 Å². The number of anilines is 1. The highest BCUT2D eigenvalue weighted by molar-refractivity contribution is 7.92. The Balaban J connectivity index is 1.59.